The molecule has 1 aliphatic rings. The second kappa shape index (κ2) is 7.05. The first-order valence-corrected chi connectivity index (χ1v) is 9.46. The molecule has 4 heterocycles. The SMILES string of the molecule is O=c1cc(C2CCNCC2)n2ncc(-c3noc(Cc4ccccc4)n3)c2[nH]1. The highest BCUT2D eigenvalue weighted by molar-refractivity contribution is 5.71. The number of aromatic amines is 1. The summed E-state index contributed by atoms with van der Waals surface area (Å²) >= 11 is 0. The summed E-state index contributed by atoms with van der Waals surface area (Å²) < 4.78 is 7.23. The lowest BCUT2D eigenvalue weighted by Gasteiger charge is -2.23. The van der Waals surface area contributed by atoms with Gasteiger partial charge in [0.25, 0.3) is 5.56 Å². The zero-order chi connectivity index (χ0) is 18.9. The number of hydrogen-bond acceptors (Lipinski definition) is 6. The summed E-state index contributed by atoms with van der Waals surface area (Å²) in [6, 6.07) is 11.6. The Morgan fingerprint density at radius 1 is 1.18 bits per heavy atom. The Labute approximate surface area is 160 Å². The minimum atomic E-state index is -0.143. The van der Waals surface area contributed by atoms with Gasteiger partial charge in [0.2, 0.25) is 11.7 Å². The molecule has 1 aromatic carbocycles. The smallest absolute Gasteiger partial charge is 0.251 e. The Balaban J connectivity index is 1.52. The van der Waals surface area contributed by atoms with Crippen molar-refractivity contribution >= 4 is 5.65 Å². The molecule has 0 saturated carbocycles. The van der Waals surface area contributed by atoms with Crippen LogP contribution in [0, 0.1) is 0 Å². The Bertz CT molecular complexity index is 1150. The third-order valence-corrected chi connectivity index (χ3v) is 5.20. The molecule has 0 aliphatic carbocycles. The quantitative estimate of drug-likeness (QED) is 0.566. The molecule has 5 rings (SSSR count). The molecular weight excluding hydrogens is 356 g/mol. The van der Waals surface area contributed by atoms with Crippen LogP contribution in [0.25, 0.3) is 17.0 Å². The molecule has 1 fully saturated rings. The van der Waals surface area contributed by atoms with Crippen LogP contribution in [-0.4, -0.2) is 37.8 Å². The Hall–Kier alpha value is -3.26. The van der Waals surface area contributed by atoms with E-state index in [-0.39, 0.29) is 5.56 Å². The minimum Gasteiger partial charge on any atom is -0.339 e. The minimum absolute atomic E-state index is 0.143. The highest BCUT2D eigenvalue weighted by Gasteiger charge is 2.22. The average molecular weight is 376 g/mol. The van der Waals surface area contributed by atoms with Gasteiger partial charge in [-0.25, -0.2) is 4.52 Å². The molecule has 2 N–H and O–H groups in total. The van der Waals surface area contributed by atoms with E-state index >= 15 is 0 Å². The van der Waals surface area contributed by atoms with Gasteiger partial charge in [-0.2, -0.15) is 10.1 Å². The molecule has 142 valence electrons. The first-order valence-electron chi connectivity index (χ1n) is 9.46. The molecule has 1 aliphatic heterocycles. The number of hydrogen-bond donors (Lipinski definition) is 2. The molecule has 0 spiro atoms. The number of H-pyrrole nitrogens is 1. The van der Waals surface area contributed by atoms with Gasteiger partial charge >= 0.3 is 0 Å². The second-order valence-electron chi connectivity index (χ2n) is 7.08. The standard InChI is InChI=1S/C20H20N6O2/c27-17-11-16(14-6-8-21-9-7-14)26-20(23-17)15(12-22-26)19-24-18(28-25-19)10-13-4-2-1-3-5-13/h1-5,11-12,14,21H,6-10H2,(H,23,27). The fraction of sp³-hybridized carbons (Fsp3) is 0.300. The molecule has 3 aromatic heterocycles. The topological polar surface area (TPSA) is 101 Å². The maximum absolute atomic E-state index is 12.3. The monoisotopic (exact) mass is 376 g/mol. The van der Waals surface area contributed by atoms with E-state index in [1.807, 2.05) is 30.3 Å². The Morgan fingerprint density at radius 3 is 2.82 bits per heavy atom. The average Bonchev–Trinajstić information content (AvgIpc) is 3.35. The van der Waals surface area contributed by atoms with Crippen LogP contribution in [0.5, 0.6) is 0 Å². The fourth-order valence-electron chi connectivity index (χ4n) is 3.79. The van der Waals surface area contributed by atoms with Gasteiger partial charge in [0.05, 0.1) is 23.9 Å². The van der Waals surface area contributed by atoms with Crippen LogP contribution in [0.4, 0.5) is 0 Å². The Morgan fingerprint density at radius 2 is 2.00 bits per heavy atom. The van der Waals surface area contributed by atoms with Crippen LogP contribution in [-0.2, 0) is 6.42 Å². The van der Waals surface area contributed by atoms with E-state index < -0.39 is 0 Å². The van der Waals surface area contributed by atoms with E-state index in [2.05, 4.69) is 25.5 Å². The zero-order valence-corrected chi connectivity index (χ0v) is 15.3. The van der Waals surface area contributed by atoms with E-state index in [0.717, 1.165) is 37.2 Å². The van der Waals surface area contributed by atoms with Crippen LogP contribution < -0.4 is 10.9 Å². The summed E-state index contributed by atoms with van der Waals surface area (Å²) in [6.45, 7) is 1.89. The number of nitrogens with zero attached hydrogens (tertiary/aromatic N) is 4. The van der Waals surface area contributed by atoms with Crippen molar-refractivity contribution < 1.29 is 4.52 Å². The highest BCUT2D eigenvalue weighted by Crippen LogP contribution is 2.27. The van der Waals surface area contributed by atoms with Crippen LogP contribution in [0.2, 0.25) is 0 Å². The van der Waals surface area contributed by atoms with Gasteiger partial charge in [0.15, 0.2) is 0 Å². The van der Waals surface area contributed by atoms with Gasteiger partial charge in [-0.15, -0.1) is 0 Å². The van der Waals surface area contributed by atoms with Gasteiger partial charge in [-0.1, -0.05) is 35.5 Å². The second-order valence-corrected chi connectivity index (χ2v) is 7.08. The number of nitrogens with one attached hydrogen (secondary N) is 2. The number of piperidine rings is 1. The van der Waals surface area contributed by atoms with Gasteiger partial charge in [0, 0.05) is 12.0 Å². The predicted molar refractivity (Wildman–Crippen MR) is 103 cm³/mol. The summed E-state index contributed by atoms with van der Waals surface area (Å²) in [7, 11) is 0. The molecule has 1 saturated heterocycles. The number of benzene rings is 1. The van der Waals surface area contributed by atoms with Crippen LogP contribution in [0.3, 0.4) is 0 Å². The molecule has 8 heteroatoms. The highest BCUT2D eigenvalue weighted by atomic mass is 16.5. The lowest BCUT2D eigenvalue weighted by Crippen LogP contribution is -2.28. The van der Waals surface area contributed by atoms with Crippen molar-refractivity contribution in [2.24, 2.45) is 0 Å². The maximum Gasteiger partial charge on any atom is 0.251 e. The van der Waals surface area contributed by atoms with Crippen molar-refractivity contribution in [3.63, 3.8) is 0 Å². The van der Waals surface area contributed by atoms with Crippen molar-refractivity contribution in [3.8, 4) is 11.4 Å². The maximum atomic E-state index is 12.3. The van der Waals surface area contributed by atoms with Crippen LogP contribution in [0.15, 0.2) is 51.9 Å². The van der Waals surface area contributed by atoms with Crippen molar-refractivity contribution in [2.75, 3.05) is 13.1 Å². The molecule has 0 radical (unpaired) electrons. The molecular formula is C20H20N6O2. The lowest BCUT2D eigenvalue weighted by atomic mass is 9.94. The van der Waals surface area contributed by atoms with Crippen molar-refractivity contribution in [1.29, 1.82) is 0 Å². The summed E-state index contributed by atoms with van der Waals surface area (Å²) in [4.78, 5) is 19.7. The number of fused-ring (bicyclic) bond motifs is 1. The lowest BCUT2D eigenvalue weighted by molar-refractivity contribution is 0.386. The third kappa shape index (κ3) is 3.11. The molecule has 0 amide bonds. The van der Waals surface area contributed by atoms with Gasteiger partial charge in [-0.05, 0) is 31.5 Å². The summed E-state index contributed by atoms with van der Waals surface area (Å²) in [5.74, 6) is 1.26. The predicted octanol–water partition coefficient (Wildman–Crippen LogP) is 2.13. The van der Waals surface area contributed by atoms with Crippen molar-refractivity contribution in [2.45, 2.75) is 25.2 Å². The van der Waals surface area contributed by atoms with Crippen molar-refractivity contribution in [1.82, 2.24) is 30.1 Å². The number of aromatic nitrogens is 5. The molecule has 8 nitrogen and oxygen atoms in total. The van der Waals surface area contributed by atoms with Crippen LogP contribution in [0.1, 0.15) is 35.9 Å². The summed E-state index contributed by atoms with van der Waals surface area (Å²) in [5, 5.41) is 12.0. The Kier molecular flexibility index (Phi) is 4.25. The number of rotatable bonds is 4. The van der Waals surface area contributed by atoms with E-state index in [1.165, 1.54) is 0 Å². The molecule has 0 unspecified atom stereocenters. The van der Waals surface area contributed by atoms with Crippen LogP contribution >= 0.6 is 0 Å². The summed E-state index contributed by atoms with van der Waals surface area (Å²) in [5.41, 5.74) is 3.15. The normalized spacial score (nSPS) is 15.3. The van der Waals surface area contributed by atoms with E-state index in [4.69, 9.17) is 4.52 Å². The molecule has 0 atom stereocenters. The van der Waals surface area contributed by atoms with Gasteiger partial charge in [-0.3, -0.25) is 4.79 Å². The largest absolute Gasteiger partial charge is 0.339 e. The first-order chi connectivity index (χ1) is 13.8. The fourth-order valence-corrected chi connectivity index (χ4v) is 3.79. The summed E-state index contributed by atoms with van der Waals surface area (Å²) in [6.07, 6.45) is 4.21. The third-order valence-electron chi connectivity index (χ3n) is 5.20. The van der Waals surface area contributed by atoms with Gasteiger partial charge in [0.1, 0.15) is 5.65 Å². The van der Waals surface area contributed by atoms with Crippen molar-refractivity contribution in [3.05, 3.63) is 70.1 Å². The van der Waals surface area contributed by atoms with E-state index in [1.54, 1.807) is 16.8 Å². The van der Waals surface area contributed by atoms with E-state index in [9.17, 15) is 4.79 Å². The van der Waals surface area contributed by atoms with E-state index in [0.29, 0.717) is 35.3 Å². The molecule has 0 bridgehead atoms. The molecule has 4 aromatic rings. The first kappa shape index (κ1) is 16.9. The molecule has 28 heavy (non-hydrogen) atoms. The zero-order valence-electron chi connectivity index (χ0n) is 15.3. The van der Waals surface area contributed by atoms with Gasteiger partial charge < -0.3 is 14.8 Å².